The van der Waals surface area contributed by atoms with Crippen LogP contribution in [0.25, 0.3) is 32.9 Å². The van der Waals surface area contributed by atoms with Crippen molar-refractivity contribution in [1.82, 2.24) is 24.8 Å². The number of hydrogen-bond donors (Lipinski definition) is 0. The van der Waals surface area contributed by atoms with Crippen molar-refractivity contribution < 1.29 is 28.1 Å². The third-order valence-corrected chi connectivity index (χ3v) is 10.9. The first-order valence-corrected chi connectivity index (χ1v) is 18.3. The largest absolute Gasteiger partial charge is 0.468 e. The van der Waals surface area contributed by atoms with E-state index in [9.17, 15) is 4.79 Å². The summed E-state index contributed by atoms with van der Waals surface area (Å²) < 4.78 is 40.5. The molecule has 2 bridgehead atoms. The molecule has 4 aliphatic heterocycles. The van der Waals surface area contributed by atoms with E-state index in [0.29, 0.717) is 53.2 Å². The number of methoxy groups -OCH3 is 1. The maximum Gasteiger partial charge on any atom is 0.410 e. The number of piperazine rings is 1. The van der Waals surface area contributed by atoms with Crippen LogP contribution in [0.1, 0.15) is 58.4 Å². The number of pyridine rings is 1. The molecule has 2 aromatic heterocycles. The van der Waals surface area contributed by atoms with Crippen LogP contribution in [0.2, 0.25) is 0 Å². The summed E-state index contributed by atoms with van der Waals surface area (Å²) in [4.78, 5) is 34.1. The second-order valence-corrected chi connectivity index (χ2v) is 15.7. The van der Waals surface area contributed by atoms with Crippen molar-refractivity contribution in [2.75, 3.05) is 51.6 Å². The molecule has 0 saturated carbocycles. The summed E-state index contributed by atoms with van der Waals surface area (Å²) in [5.41, 5.74) is 1.63. The van der Waals surface area contributed by atoms with E-state index in [2.05, 4.69) is 22.3 Å². The van der Waals surface area contributed by atoms with Gasteiger partial charge in [-0.05, 0) is 83.0 Å². The van der Waals surface area contributed by atoms with Crippen molar-refractivity contribution >= 4 is 33.6 Å². The fraction of sp³-hybridized carbons (Fsp3) is 0.463. The molecule has 1 amide bonds. The molecule has 4 saturated heterocycles. The van der Waals surface area contributed by atoms with E-state index in [1.807, 2.05) is 49.9 Å². The minimum Gasteiger partial charge on any atom is -0.468 e. The first-order chi connectivity index (χ1) is 25.5. The highest BCUT2D eigenvalue weighted by atomic mass is 19.1. The Kier molecular flexibility index (Phi) is 8.90. The molecule has 0 N–H and O–H groups in total. The first kappa shape index (κ1) is 35.1. The molecule has 6 heterocycles. The number of carbonyl (C=O) groups is 1. The van der Waals surface area contributed by atoms with E-state index in [0.717, 1.165) is 50.6 Å². The predicted molar refractivity (Wildman–Crippen MR) is 201 cm³/mol. The highest BCUT2D eigenvalue weighted by molar-refractivity contribution is 6.03. The second kappa shape index (κ2) is 13.5. The van der Waals surface area contributed by atoms with Gasteiger partial charge in [-0.3, -0.25) is 14.8 Å². The monoisotopic (exact) mass is 720 g/mol. The van der Waals surface area contributed by atoms with Crippen molar-refractivity contribution in [1.29, 1.82) is 0 Å². The molecule has 2 aromatic carbocycles. The van der Waals surface area contributed by atoms with E-state index >= 15 is 4.39 Å². The maximum absolute atomic E-state index is 17.3. The van der Waals surface area contributed by atoms with E-state index in [-0.39, 0.29) is 47.7 Å². The van der Waals surface area contributed by atoms with Crippen LogP contribution in [0.3, 0.4) is 0 Å². The third kappa shape index (κ3) is 6.40. The summed E-state index contributed by atoms with van der Waals surface area (Å²) in [6, 6.07) is 9.07. The lowest BCUT2D eigenvalue weighted by atomic mass is 9.94. The Morgan fingerprint density at radius 2 is 1.94 bits per heavy atom. The Morgan fingerprint density at radius 1 is 1.15 bits per heavy atom. The molecule has 0 radical (unpaired) electrons. The number of fused-ring (bicyclic) bond motifs is 5. The van der Waals surface area contributed by atoms with Gasteiger partial charge in [0.05, 0.1) is 23.0 Å². The number of nitrogens with zero attached hydrogens (tertiary/aromatic N) is 6. The highest BCUT2D eigenvalue weighted by Crippen LogP contribution is 2.43. The molecule has 4 aromatic rings. The molecule has 0 spiro atoms. The van der Waals surface area contributed by atoms with Crippen molar-refractivity contribution in [3.05, 3.63) is 60.1 Å². The van der Waals surface area contributed by atoms with Crippen LogP contribution in [0.5, 0.6) is 11.8 Å². The van der Waals surface area contributed by atoms with Gasteiger partial charge < -0.3 is 23.8 Å². The smallest absolute Gasteiger partial charge is 0.410 e. The van der Waals surface area contributed by atoms with Gasteiger partial charge in [-0.15, -0.1) is 6.42 Å². The number of halogens is 1. The lowest BCUT2D eigenvalue weighted by Gasteiger charge is -2.42. The number of anilines is 1. The van der Waals surface area contributed by atoms with Crippen molar-refractivity contribution in [3.8, 4) is 35.4 Å². The van der Waals surface area contributed by atoms with Gasteiger partial charge in [0.15, 0.2) is 12.6 Å². The zero-order valence-electron chi connectivity index (χ0n) is 30.8. The molecule has 4 aliphatic rings. The normalized spacial score (nSPS) is 22.8. The quantitative estimate of drug-likeness (QED) is 0.111. The standard InChI is InChI=1S/C41H45FN6O5/c1-7-26-10-8-11-27-16-30(52-24-50-6)17-31(33(26)27)35-34(42)36-32(19-43-35)37(45-38(44-36)51-23-41-14-9-15-47(41)20-25(2)18-41)46-21-28-12-13-29(22-46)48(28)39(49)53-40(3,4)5/h1,8,10-11,16-17,19,28-29H,2,9,12-15,18,20-24H2,3-6H3. The van der Waals surface area contributed by atoms with Crippen LogP contribution in [0.4, 0.5) is 15.0 Å². The Morgan fingerprint density at radius 3 is 2.68 bits per heavy atom. The Bertz CT molecular complexity index is 2150. The van der Waals surface area contributed by atoms with Gasteiger partial charge in [-0.2, -0.15) is 9.97 Å². The average molecular weight is 721 g/mol. The number of hydrogen-bond acceptors (Lipinski definition) is 10. The van der Waals surface area contributed by atoms with Crippen molar-refractivity contribution in [2.45, 2.75) is 76.1 Å². The fourth-order valence-electron chi connectivity index (χ4n) is 8.77. The van der Waals surface area contributed by atoms with Gasteiger partial charge in [0, 0.05) is 49.5 Å². The molecule has 12 heteroatoms. The SMILES string of the molecule is C#Cc1cccc2cc(OCOC)cc(-c3ncc4c(N5CC6CCC(C5)N6C(=O)OC(C)(C)C)nc(OCC56CCCN5CC(=C)C6)nc4c3F)c12. The summed E-state index contributed by atoms with van der Waals surface area (Å²) in [6.45, 7) is 13.1. The molecule has 276 valence electrons. The fourth-order valence-corrected chi connectivity index (χ4v) is 8.77. The van der Waals surface area contributed by atoms with Crippen molar-refractivity contribution in [3.63, 3.8) is 0 Å². The highest BCUT2D eigenvalue weighted by Gasteiger charge is 2.47. The van der Waals surface area contributed by atoms with E-state index in [1.165, 1.54) is 12.7 Å². The summed E-state index contributed by atoms with van der Waals surface area (Å²) >= 11 is 0. The minimum absolute atomic E-state index is 0.0140. The van der Waals surface area contributed by atoms with Crippen LogP contribution in [-0.4, -0.2) is 101 Å². The number of carbonyl (C=O) groups excluding carboxylic acids is 1. The molecule has 0 aliphatic carbocycles. The number of rotatable bonds is 8. The molecule has 3 atom stereocenters. The molecule has 3 unspecified atom stereocenters. The van der Waals surface area contributed by atoms with Gasteiger partial charge in [-0.1, -0.05) is 30.2 Å². The lowest BCUT2D eigenvalue weighted by Crippen LogP contribution is -2.57. The van der Waals surface area contributed by atoms with Crippen LogP contribution < -0.4 is 14.4 Å². The molecule has 53 heavy (non-hydrogen) atoms. The number of terminal acetylenes is 1. The molecule has 8 rings (SSSR count). The minimum atomic E-state index is -0.627. The Labute approximate surface area is 309 Å². The van der Waals surface area contributed by atoms with Gasteiger partial charge in [0.2, 0.25) is 0 Å². The van der Waals surface area contributed by atoms with Gasteiger partial charge in [-0.25, -0.2) is 9.18 Å². The predicted octanol–water partition coefficient (Wildman–Crippen LogP) is 6.71. The van der Waals surface area contributed by atoms with Gasteiger partial charge in [0.1, 0.15) is 35.0 Å². The van der Waals surface area contributed by atoms with E-state index < -0.39 is 11.4 Å². The Balaban J connectivity index is 1.23. The van der Waals surface area contributed by atoms with Crippen LogP contribution in [0, 0.1) is 18.2 Å². The summed E-state index contributed by atoms with van der Waals surface area (Å²) in [7, 11) is 1.54. The van der Waals surface area contributed by atoms with Crippen molar-refractivity contribution in [2.24, 2.45) is 0 Å². The maximum atomic E-state index is 17.3. The van der Waals surface area contributed by atoms with Gasteiger partial charge in [0.25, 0.3) is 0 Å². The zero-order chi connectivity index (χ0) is 37.1. The van der Waals surface area contributed by atoms with E-state index in [4.69, 9.17) is 40.3 Å². The third-order valence-electron chi connectivity index (χ3n) is 10.9. The van der Waals surface area contributed by atoms with E-state index in [1.54, 1.807) is 12.3 Å². The topological polar surface area (TPSA) is 102 Å². The summed E-state index contributed by atoms with van der Waals surface area (Å²) in [5.74, 6) is 3.12. The average Bonchev–Trinajstić information content (AvgIpc) is 3.75. The zero-order valence-corrected chi connectivity index (χ0v) is 30.8. The molecular weight excluding hydrogens is 675 g/mol. The number of ether oxygens (including phenoxy) is 4. The Hall–Kier alpha value is -4.99. The number of aromatic nitrogens is 3. The second-order valence-electron chi connectivity index (χ2n) is 15.7. The van der Waals surface area contributed by atoms with Gasteiger partial charge >= 0.3 is 12.1 Å². The number of benzene rings is 2. The number of amides is 1. The summed E-state index contributed by atoms with van der Waals surface area (Å²) in [5, 5.41) is 1.90. The molecular formula is C41H45FN6O5. The molecule has 4 fully saturated rings. The molecule has 11 nitrogen and oxygen atoms in total. The summed E-state index contributed by atoms with van der Waals surface area (Å²) in [6.07, 6.45) is 11.8. The first-order valence-electron chi connectivity index (χ1n) is 18.3. The van der Waals surface area contributed by atoms with Crippen LogP contribution >= 0.6 is 0 Å². The van der Waals surface area contributed by atoms with Crippen LogP contribution in [-0.2, 0) is 9.47 Å². The lowest BCUT2D eigenvalue weighted by molar-refractivity contribution is 0.0122. The van der Waals surface area contributed by atoms with Crippen LogP contribution in [0.15, 0.2) is 48.7 Å².